The van der Waals surface area contributed by atoms with Crippen LogP contribution in [0.4, 0.5) is 5.69 Å². The van der Waals surface area contributed by atoms with Crippen LogP contribution in [0.2, 0.25) is 5.02 Å². The van der Waals surface area contributed by atoms with Gasteiger partial charge >= 0.3 is 0 Å². The first kappa shape index (κ1) is 14.7. The van der Waals surface area contributed by atoms with Gasteiger partial charge in [-0.3, -0.25) is 0 Å². The van der Waals surface area contributed by atoms with Crippen molar-refractivity contribution >= 4 is 22.9 Å². The first-order valence-electron chi connectivity index (χ1n) is 6.59. The average molecular weight is 327 g/mol. The number of nitriles is 1. The van der Waals surface area contributed by atoms with Crippen molar-refractivity contribution in [2.24, 2.45) is 0 Å². The number of nitrogens with one attached hydrogen (secondary N) is 2. The maximum atomic E-state index is 9.20. The fraction of sp³-hybridized carbons (Fsp3) is 0.0714. The number of aromatic amines is 1. The van der Waals surface area contributed by atoms with Crippen LogP contribution in [0.3, 0.4) is 0 Å². The Morgan fingerprint density at radius 2 is 2.35 bits per heavy atom. The Hall–Kier alpha value is -3.18. The Morgan fingerprint density at radius 3 is 3.00 bits per heavy atom. The van der Waals surface area contributed by atoms with E-state index in [9.17, 15) is 5.26 Å². The number of allylic oxidation sites excluding steroid dienone is 1. The van der Waals surface area contributed by atoms with Gasteiger partial charge in [0.05, 0.1) is 17.6 Å². The van der Waals surface area contributed by atoms with Crippen molar-refractivity contribution in [1.82, 2.24) is 30.4 Å². The highest BCUT2D eigenvalue weighted by atomic mass is 35.5. The lowest BCUT2D eigenvalue weighted by molar-refractivity contribution is 0.881. The molecule has 0 aliphatic heterocycles. The van der Waals surface area contributed by atoms with Gasteiger partial charge in [-0.25, -0.2) is 4.68 Å². The van der Waals surface area contributed by atoms with E-state index in [-0.39, 0.29) is 11.4 Å². The summed E-state index contributed by atoms with van der Waals surface area (Å²) >= 11 is 6.06. The zero-order valence-corrected chi connectivity index (χ0v) is 12.8. The van der Waals surface area contributed by atoms with Crippen LogP contribution in [0.5, 0.6) is 0 Å². The topological polar surface area (TPSA) is 108 Å². The van der Waals surface area contributed by atoms with E-state index < -0.39 is 0 Å². The maximum Gasteiger partial charge on any atom is 0.216 e. The van der Waals surface area contributed by atoms with Crippen LogP contribution in [-0.4, -0.2) is 30.4 Å². The van der Waals surface area contributed by atoms with Crippen LogP contribution in [0.1, 0.15) is 11.4 Å². The molecule has 0 amide bonds. The number of nitrogens with zero attached hydrogens (tertiary/aromatic N) is 6. The molecule has 1 aromatic carbocycles. The Balaban J connectivity index is 1.96. The number of anilines is 1. The molecule has 2 aromatic heterocycles. The number of aromatic nitrogens is 6. The predicted octanol–water partition coefficient (Wildman–Crippen LogP) is 2.32. The summed E-state index contributed by atoms with van der Waals surface area (Å²) in [6, 6.07) is 7.37. The second kappa shape index (κ2) is 6.29. The van der Waals surface area contributed by atoms with Gasteiger partial charge in [0.25, 0.3) is 0 Å². The van der Waals surface area contributed by atoms with Crippen molar-refractivity contribution in [3.63, 3.8) is 0 Å². The van der Waals surface area contributed by atoms with Crippen molar-refractivity contribution in [2.45, 2.75) is 6.92 Å². The van der Waals surface area contributed by atoms with Gasteiger partial charge in [0.1, 0.15) is 11.6 Å². The van der Waals surface area contributed by atoms with Gasteiger partial charge in [-0.2, -0.15) is 15.6 Å². The lowest BCUT2D eigenvalue weighted by Gasteiger charge is -2.10. The van der Waals surface area contributed by atoms with E-state index in [1.165, 1.54) is 6.20 Å². The molecule has 0 aliphatic carbocycles. The number of halogens is 1. The molecule has 8 nitrogen and oxygen atoms in total. The molecule has 0 atom stereocenters. The summed E-state index contributed by atoms with van der Waals surface area (Å²) in [6.45, 7) is 1.95. The maximum absolute atomic E-state index is 9.20. The van der Waals surface area contributed by atoms with E-state index in [1.54, 1.807) is 23.0 Å². The summed E-state index contributed by atoms with van der Waals surface area (Å²) in [5.74, 6) is 0.207. The zero-order valence-electron chi connectivity index (χ0n) is 12.0. The summed E-state index contributed by atoms with van der Waals surface area (Å²) in [5.41, 5.74) is 2.76. The summed E-state index contributed by atoms with van der Waals surface area (Å²) in [5, 5.41) is 30.4. The minimum absolute atomic E-state index is 0.207. The van der Waals surface area contributed by atoms with Crippen molar-refractivity contribution in [1.29, 1.82) is 5.26 Å². The quantitative estimate of drug-likeness (QED) is 0.712. The number of rotatable bonds is 4. The fourth-order valence-electron chi connectivity index (χ4n) is 1.94. The van der Waals surface area contributed by atoms with Gasteiger partial charge in [0, 0.05) is 17.4 Å². The second-order valence-corrected chi connectivity index (χ2v) is 5.11. The normalized spacial score (nSPS) is 11.3. The third kappa shape index (κ3) is 3.20. The van der Waals surface area contributed by atoms with Crippen LogP contribution in [0, 0.1) is 18.3 Å². The third-order valence-corrected chi connectivity index (χ3v) is 3.23. The van der Waals surface area contributed by atoms with Crippen LogP contribution < -0.4 is 5.32 Å². The van der Waals surface area contributed by atoms with Crippen LogP contribution in [-0.2, 0) is 0 Å². The lowest BCUT2D eigenvalue weighted by atomic mass is 10.2. The van der Waals surface area contributed by atoms with E-state index in [0.29, 0.717) is 10.7 Å². The molecule has 0 spiro atoms. The highest BCUT2D eigenvalue weighted by Crippen LogP contribution is 2.25. The average Bonchev–Trinajstić information content (AvgIpc) is 3.20. The van der Waals surface area contributed by atoms with E-state index in [1.807, 2.05) is 25.3 Å². The monoisotopic (exact) mass is 326 g/mol. The smallest absolute Gasteiger partial charge is 0.216 e. The third-order valence-electron chi connectivity index (χ3n) is 3.00. The van der Waals surface area contributed by atoms with Gasteiger partial charge in [-0.05, 0) is 35.9 Å². The molecule has 0 bridgehead atoms. The molecule has 2 heterocycles. The van der Waals surface area contributed by atoms with Crippen molar-refractivity contribution in [2.75, 3.05) is 5.32 Å². The van der Waals surface area contributed by atoms with Gasteiger partial charge < -0.3 is 5.32 Å². The number of tetrazole rings is 1. The highest BCUT2D eigenvalue weighted by Gasteiger charge is 2.09. The van der Waals surface area contributed by atoms with E-state index >= 15 is 0 Å². The Morgan fingerprint density at radius 1 is 1.48 bits per heavy atom. The standard InChI is InChI=1S/C14H11ClN8/c1-9-6-18-23(8-9)13-3-2-11(15)4-12(13)17-7-10(5-16)14-19-21-22-20-14/h2-4,6-8,17H,1H3,(H,19,20,21,22). The second-order valence-electron chi connectivity index (χ2n) is 4.67. The molecule has 0 fully saturated rings. The molecule has 0 saturated carbocycles. The number of benzene rings is 1. The van der Waals surface area contributed by atoms with Crippen LogP contribution >= 0.6 is 11.6 Å². The van der Waals surface area contributed by atoms with Crippen molar-refractivity contribution in [3.8, 4) is 11.8 Å². The highest BCUT2D eigenvalue weighted by molar-refractivity contribution is 6.31. The summed E-state index contributed by atoms with van der Waals surface area (Å²) in [4.78, 5) is 0. The van der Waals surface area contributed by atoms with Crippen molar-refractivity contribution in [3.05, 3.63) is 53.2 Å². The molecule has 0 aliphatic rings. The summed E-state index contributed by atoms with van der Waals surface area (Å²) in [6.07, 6.45) is 5.15. The van der Waals surface area contributed by atoms with Gasteiger partial charge in [0.15, 0.2) is 0 Å². The largest absolute Gasteiger partial charge is 0.359 e. The first-order chi connectivity index (χ1) is 11.2. The number of hydrogen-bond donors (Lipinski definition) is 2. The minimum Gasteiger partial charge on any atom is -0.359 e. The fourth-order valence-corrected chi connectivity index (χ4v) is 2.11. The Kier molecular flexibility index (Phi) is 4.03. The van der Waals surface area contributed by atoms with E-state index in [4.69, 9.17) is 11.6 Å². The summed E-state index contributed by atoms with van der Waals surface area (Å²) in [7, 11) is 0. The molecule has 9 heteroatoms. The van der Waals surface area contributed by atoms with Crippen LogP contribution in [0.25, 0.3) is 11.3 Å². The molecule has 0 radical (unpaired) electrons. The van der Waals surface area contributed by atoms with Gasteiger partial charge in [-0.15, -0.1) is 10.2 Å². The van der Waals surface area contributed by atoms with Gasteiger partial charge in [-0.1, -0.05) is 11.6 Å². The van der Waals surface area contributed by atoms with Crippen LogP contribution in [0.15, 0.2) is 36.8 Å². The van der Waals surface area contributed by atoms with Gasteiger partial charge in [0.2, 0.25) is 5.82 Å². The lowest BCUT2D eigenvalue weighted by Crippen LogP contribution is -2.01. The minimum atomic E-state index is 0.207. The number of aryl methyl sites for hydroxylation is 1. The molecule has 3 aromatic rings. The molecule has 114 valence electrons. The molecular formula is C14H11ClN8. The number of H-pyrrole nitrogens is 1. The predicted molar refractivity (Wildman–Crippen MR) is 84.7 cm³/mol. The molecule has 23 heavy (non-hydrogen) atoms. The van der Waals surface area contributed by atoms with E-state index in [2.05, 4.69) is 31.0 Å². The number of hydrogen-bond acceptors (Lipinski definition) is 6. The van der Waals surface area contributed by atoms with E-state index in [0.717, 1.165) is 11.3 Å². The Labute approximate surface area is 136 Å². The molecule has 0 saturated heterocycles. The first-order valence-corrected chi connectivity index (χ1v) is 6.97. The van der Waals surface area contributed by atoms with Crippen molar-refractivity contribution < 1.29 is 0 Å². The SMILES string of the molecule is Cc1cnn(-c2ccc(Cl)cc2NC=C(C#N)c2nn[nH]n2)c1. The Bertz CT molecular complexity index is 888. The summed E-state index contributed by atoms with van der Waals surface area (Å²) < 4.78 is 1.72. The molecular weight excluding hydrogens is 316 g/mol. The zero-order chi connectivity index (χ0) is 16.2. The molecule has 2 N–H and O–H groups in total. The molecule has 0 unspecified atom stereocenters. The molecule has 3 rings (SSSR count).